The summed E-state index contributed by atoms with van der Waals surface area (Å²) in [5.41, 5.74) is 3.47. The highest BCUT2D eigenvalue weighted by atomic mass is 32.2. The van der Waals surface area contributed by atoms with E-state index in [4.69, 9.17) is 23.4 Å². The van der Waals surface area contributed by atoms with Gasteiger partial charge < -0.3 is 28.7 Å². The molecule has 1 aromatic heterocycles. The zero-order valence-corrected chi connectivity index (χ0v) is 28.8. The lowest BCUT2D eigenvalue weighted by atomic mass is 10.0. The molecule has 4 aromatic rings. The number of hydrogen-bond acceptors (Lipinski definition) is 10. The molecule has 0 atom stereocenters. The number of halogens is 1. The van der Waals surface area contributed by atoms with E-state index in [-0.39, 0.29) is 62.7 Å². The molecule has 266 valence electrons. The predicted molar refractivity (Wildman–Crippen MR) is 183 cm³/mol. The van der Waals surface area contributed by atoms with Gasteiger partial charge >= 0.3 is 11.9 Å². The van der Waals surface area contributed by atoms with Gasteiger partial charge in [0.15, 0.2) is 6.61 Å². The molecule has 0 unspecified atom stereocenters. The molecule has 50 heavy (non-hydrogen) atoms. The van der Waals surface area contributed by atoms with Gasteiger partial charge in [-0.15, -0.1) is 0 Å². The molecule has 14 heteroatoms. The molecule has 1 heterocycles. The summed E-state index contributed by atoms with van der Waals surface area (Å²) >= 11 is 0. The van der Waals surface area contributed by atoms with Crippen molar-refractivity contribution >= 4 is 44.5 Å². The summed E-state index contributed by atoms with van der Waals surface area (Å²) in [5.74, 6) is -1.68. The fraction of sp³-hybridized carbons (Fsp3) is 0.361. The topological polar surface area (TPSA) is 151 Å². The number of anilines is 1. The first-order valence-electron chi connectivity index (χ1n) is 16.1. The van der Waals surface area contributed by atoms with Gasteiger partial charge in [0.2, 0.25) is 10.0 Å². The van der Waals surface area contributed by atoms with E-state index in [9.17, 15) is 27.2 Å². The Morgan fingerprint density at radius 3 is 2.30 bits per heavy atom. The van der Waals surface area contributed by atoms with E-state index in [1.54, 1.807) is 37.3 Å². The molecule has 5 rings (SSSR count). The van der Waals surface area contributed by atoms with Gasteiger partial charge in [-0.3, -0.25) is 9.10 Å². The minimum Gasteiger partial charge on any atom is -0.463 e. The maximum absolute atomic E-state index is 13.7. The van der Waals surface area contributed by atoms with Gasteiger partial charge in [0.05, 0.1) is 62.6 Å². The van der Waals surface area contributed by atoms with Crippen molar-refractivity contribution < 1.29 is 50.6 Å². The number of esters is 2. The molecule has 12 nitrogen and oxygen atoms in total. The van der Waals surface area contributed by atoms with Crippen LogP contribution in [0.3, 0.4) is 0 Å². The molecule has 1 aliphatic rings. The van der Waals surface area contributed by atoms with Crippen LogP contribution < -0.4 is 9.62 Å². The van der Waals surface area contributed by atoms with Crippen molar-refractivity contribution in [2.75, 3.05) is 57.2 Å². The van der Waals surface area contributed by atoms with E-state index in [0.29, 0.717) is 27.8 Å². The molecule has 0 aliphatic heterocycles. The second kappa shape index (κ2) is 16.3. The average Bonchev–Trinajstić information content (AvgIpc) is 3.88. The summed E-state index contributed by atoms with van der Waals surface area (Å²) in [6.45, 7) is 2.22. The predicted octanol–water partition coefficient (Wildman–Crippen LogP) is 5.20. The van der Waals surface area contributed by atoms with Gasteiger partial charge in [0.25, 0.3) is 5.91 Å². The summed E-state index contributed by atoms with van der Waals surface area (Å²) in [6.07, 6.45) is 2.89. The SMILES string of the molecule is CCOC(=O)COC(=O)c1ccc(COCCOCCN(c2cc3oc(-c4ccc(F)cc4)c(C(=O)NC)c3cc2C2CC2)S(C)(=O)=O)cc1. The molecule has 1 N–H and O–H groups in total. The zero-order valence-electron chi connectivity index (χ0n) is 28.0. The van der Waals surface area contributed by atoms with Crippen molar-refractivity contribution in [2.45, 2.75) is 32.3 Å². The van der Waals surface area contributed by atoms with E-state index >= 15 is 0 Å². The van der Waals surface area contributed by atoms with Crippen LogP contribution in [0.25, 0.3) is 22.3 Å². The Kier molecular flexibility index (Phi) is 11.9. The standard InChI is InChI=1S/C36H39FN2O10S/c1-4-47-32(40)22-48-36(42)26-7-5-23(6-8-26)21-46-18-17-45-16-15-39(50(3,43)44)30-20-31-29(19-28(30)24-9-10-24)33(35(41)38-2)34(49-31)25-11-13-27(37)14-12-25/h5-8,11-14,19-20,24H,4,9-10,15-18,21-22H2,1-3H3,(H,38,41). The molecule has 1 fully saturated rings. The quantitative estimate of drug-likeness (QED) is 0.115. The molecule has 0 saturated heterocycles. The van der Waals surface area contributed by atoms with E-state index in [2.05, 4.69) is 5.32 Å². The Hall–Kier alpha value is -4.79. The summed E-state index contributed by atoms with van der Waals surface area (Å²) < 4.78 is 68.4. The first kappa shape index (κ1) is 36.5. The molecular formula is C36H39FN2O10S. The first-order valence-corrected chi connectivity index (χ1v) is 18.0. The molecule has 1 saturated carbocycles. The number of benzene rings is 3. The Morgan fingerprint density at radius 1 is 0.960 bits per heavy atom. The number of sulfonamides is 1. The van der Waals surface area contributed by atoms with E-state index in [0.717, 1.165) is 30.2 Å². The summed E-state index contributed by atoms with van der Waals surface area (Å²) in [7, 11) is -2.23. The van der Waals surface area contributed by atoms with Crippen LogP contribution in [-0.4, -0.2) is 79.1 Å². The molecule has 0 radical (unpaired) electrons. The summed E-state index contributed by atoms with van der Waals surface area (Å²) in [6, 6.07) is 15.6. The minimum atomic E-state index is -3.75. The van der Waals surface area contributed by atoms with Crippen molar-refractivity contribution in [2.24, 2.45) is 0 Å². The van der Waals surface area contributed by atoms with Crippen LogP contribution in [0.1, 0.15) is 57.5 Å². The molecular weight excluding hydrogens is 671 g/mol. The van der Waals surface area contributed by atoms with Crippen LogP contribution in [0, 0.1) is 5.82 Å². The van der Waals surface area contributed by atoms with Crippen LogP contribution in [0.2, 0.25) is 0 Å². The second-order valence-electron chi connectivity index (χ2n) is 11.7. The smallest absolute Gasteiger partial charge is 0.344 e. The summed E-state index contributed by atoms with van der Waals surface area (Å²) in [4.78, 5) is 36.5. The van der Waals surface area contributed by atoms with Crippen LogP contribution >= 0.6 is 0 Å². The van der Waals surface area contributed by atoms with Crippen LogP contribution in [0.15, 0.2) is 65.1 Å². The third kappa shape index (κ3) is 9.05. The van der Waals surface area contributed by atoms with Gasteiger partial charge in [-0.05, 0) is 79.3 Å². The van der Waals surface area contributed by atoms with Crippen molar-refractivity contribution in [3.05, 3.63) is 88.7 Å². The molecule has 3 aromatic carbocycles. The highest BCUT2D eigenvalue weighted by Crippen LogP contribution is 2.48. The van der Waals surface area contributed by atoms with Gasteiger partial charge in [0.1, 0.15) is 17.2 Å². The Morgan fingerprint density at radius 2 is 1.66 bits per heavy atom. The highest BCUT2D eigenvalue weighted by Gasteiger charge is 2.33. The Labute approximate surface area is 289 Å². The molecule has 0 spiro atoms. The fourth-order valence-corrected chi connectivity index (χ4v) is 6.33. The highest BCUT2D eigenvalue weighted by molar-refractivity contribution is 7.92. The number of furan rings is 1. The lowest BCUT2D eigenvalue weighted by molar-refractivity contribution is -0.146. The number of ether oxygens (including phenoxy) is 4. The van der Waals surface area contributed by atoms with Crippen molar-refractivity contribution in [1.29, 1.82) is 0 Å². The van der Waals surface area contributed by atoms with Crippen molar-refractivity contribution in [1.82, 2.24) is 5.32 Å². The van der Waals surface area contributed by atoms with E-state index in [1.165, 1.54) is 35.6 Å². The lowest BCUT2D eigenvalue weighted by Gasteiger charge is -2.25. The van der Waals surface area contributed by atoms with Crippen LogP contribution in [0.4, 0.5) is 10.1 Å². The Bertz CT molecular complexity index is 1940. The molecule has 1 aliphatic carbocycles. The number of carbonyl (C=O) groups is 3. The Balaban J connectivity index is 1.21. The zero-order chi connectivity index (χ0) is 35.8. The number of carbonyl (C=O) groups excluding carboxylic acids is 3. The summed E-state index contributed by atoms with van der Waals surface area (Å²) in [5, 5.41) is 3.19. The minimum absolute atomic E-state index is 0.0334. The number of fused-ring (bicyclic) bond motifs is 1. The molecule has 1 amide bonds. The average molecular weight is 711 g/mol. The van der Waals surface area contributed by atoms with Gasteiger partial charge in [-0.1, -0.05) is 12.1 Å². The van der Waals surface area contributed by atoms with Crippen molar-refractivity contribution in [3.8, 4) is 11.3 Å². The second-order valence-corrected chi connectivity index (χ2v) is 13.6. The maximum atomic E-state index is 13.7. The van der Waals surface area contributed by atoms with Crippen LogP contribution in [0.5, 0.6) is 0 Å². The number of rotatable bonds is 17. The van der Waals surface area contributed by atoms with Gasteiger partial charge in [-0.2, -0.15) is 0 Å². The first-order chi connectivity index (χ1) is 24.0. The molecule has 0 bridgehead atoms. The van der Waals surface area contributed by atoms with E-state index < -0.39 is 34.4 Å². The van der Waals surface area contributed by atoms with Gasteiger partial charge in [0, 0.05) is 24.1 Å². The lowest BCUT2D eigenvalue weighted by Crippen LogP contribution is -2.34. The van der Waals surface area contributed by atoms with Crippen LogP contribution in [-0.2, 0) is 40.4 Å². The van der Waals surface area contributed by atoms with E-state index in [1.807, 2.05) is 6.07 Å². The number of amides is 1. The maximum Gasteiger partial charge on any atom is 0.344 e. The number of nitrogens with zero attached hydrogens (tertiary/aromatic N) is 1. The third-order valence-corrected chi connectivity index (χ3v) is 9.16. The monoisotopic (exact) mass is 710 g/mol. The fourth-order valence-electron chi connectivity index (χ4n) is 5.41. The number of hydrogen-bond donors (Lipinski definition) is 1. The van der Waals surface area contributed by atoms with Gasteiger partial charge in [-0.25, -0.2) is 22.4 Å². The number of nitrogens with one attached hydrogen (secondary N) is 1. The normalized spacial score (nSPS) is 12.9. The largest absolute Gasteiger partial charge is 0.463 e. The third-order valence-electron chi connectivity index (χ3n) is 7.98. The van der Waals surface area contributed by atoms with Crippen molar-refractivity contribution in [3.63, 3.8) is 0 Å².